The summed E-state index contributed by atoms with van der Waals surface area (Å²) >= 11 is 0. The zero-order valence-corrected chi connectivity index (χ0v) is 16.7. The topological polar surface area (TPSA) is 80.1 Å². The molecule has 0 bridgehead atoms. The zero-order valence-electron chi connectivity index (χ0n) is 15.9. The first kappa shape index (κ1) is 19.9. The van der Waals surface area contributed by atoms with Gasteiger partial charge in [-0.2, -0.15) is 0 Å². The summed E-state index contributed by atoms with van der Waals surface area (Å²) in [7, 11) is -3.74. The van der Waals surface area contributed by atoms with Crippen molar-refractivity contribution in [1.82, 2.24) is 24.6 Å². The molecule has 1 aromatic heterocycles. The average molecular weight is 396 g/mol. The Morgan fingerprint density at radius 3 is 2.78 bits per heavy atom. The van der Waals surface area contributed by atoms with Crippen LogP contribution in [0, 0.1) is 5.82 Å². The fourth-order valence-corrected chi connectivity index (χ4v) is 4.44. The van der Waals surface area contributed by atoms with E-state index >= 15 is 0 Å². The molecule has 27 heavy (non-hydrogen) atoms. The van der Waals surface area contributed by atoms with Crippen molar-refractivity contribution in [2.24, 2.45) is 0 Å². The van der Waals surface area contributed by atoms with E-state index in [-0.39, 0.29) is 16.5 Å². The number of aromatic nitrogens is 3. The quantitative estimate of drug-likeness (QED) is 0.839. The molecular weight excluding hydrogens is 369 g/mol. The maximum Gasteiger partial charge on any atom is 0.240 e. The second kappa shape index (κ2) is 7.65. The molecule has 2 aromatic rings. The molecule has 7 nitrogen and oxygen atoms in total. The van der Waals surface area contributed by atoms with Crippen LogP contribution in [0.1, 0.15) is 39.3 Å². The van der Waals surface area contributed by atoms with E-state index in [1.54, 1.807) is 0 Å². The van der Waals surface area contributed by atoms with Crippen LogP contribution >= 0.6 is 0 Å². The molecule has 0 spiro atoms. The van der Waals surface area contributed by atoms with Crippen LogP contribution in [-0.2, 0) is 22.1 Å². The Morgan fingerprint density at radius 1 is 1.33 bits per heavy atom. The molecule has 2 heterocycles. The zero-order chi connectivity index (χ0) is 19.7. The molecule has 148 valence electrons. The molecular formula is C18H26FN5O2S. The summed E-state index contributed by atoms with van der Waals surface area (Å²) in [6.07, 6.45) is 3.56. The molecule has 1 fully saturated rings. The summed E-state index contributed by atoms with van der Waals surface area (Å²) in [6, 6.07) is 4.84. The highest BCUT2D eigenvalue weighted by molar-refractivity contribution is 7.89. The van der Waals surface area contributed by atoms with Gasteiger partial charge in [0.05, 0.1) is 22.3 Å². The predicted octanol–water partition coefficient (Wildman–Crippen LogP) is 2.12. The highest BCUT2D eigenvalue weighted by Crippen LogP contribution is 2.18. The molecule has 1 atom stereocenters. The molecule has 1 saturated heterocycles. The highest BCUT2D eigenvalue weighted by Gasteiger charge is 2.26. The molecule has 9 heteroatoms. The lowest BCUT2D eigenvalue weighted by molar-refractivity contribution is 0.192. The molecule has 0 saturated carbocycles. The lowest BCUT2D eigenvalue weighted by atomic mass is 10.1. The van der Waals surface area contributed by atoms with Crippen LogP contribution in [0.3, 0.4) is 0 Å². The third-order valence-electron chi connectivity index (χ3n) is 4.55. The Labute approximate surface area is 159 Å². The van der Waals surface area contributed by atoms with E-state index in [1.165, 1.54) is 18.2 Å². The molecule has 1 unspecified atom stereocenters. The Hall–Kier alpha value is -1.84. The molecule has 1 aliphatic rings. The minimum atomic E-state index is -3.74. The standard InChI is InChI=1S/C18H26FN5O2S/c1-18(2,3)24-13-16(20-22-24)12-23-9-5-7-15(11-23)21-27(25,26)17-8-4-6-14(19)10-17/h4,6,8,10,13,15,21H,5,7,9,11-12H2,1-3H3. The van der Waals surface area contributed by atoms with E-state index in [4.69, 9.17) is 0 Å². The largest absolute Gasteiger partial charge is 0.296 e. The van der Waals surface area contributed by atoms with Crippen molar-refractivity contribution < 1.29 is 12.8 Å². The summed E-state index contributed by atoms with van der Waals surface area (Å²) in [5.74, 6) is -0.565. The maximum atomic E-state index is 13.4. The van der Waals surface area contributed by atoms with Gasteiger partial charge in [-0.3, -0.25) is 4.90 Å². The summed E-state index contributed by atoms with van der Waals surface area (Å²) < 4.78 is 42.9. The van der Waals surface area contributed by atoms with Gasteiger partial charge in [0.1, 0.15) is 5.82 Å². The van der Waals surface area contributed by atoms with E-state index in [2.05, 4.69) is 40.7 Å². The summed E-state index contributed by atoms with van der Waals surface area (Å²) in [6.45, 7) is 8.25. The third-order valence-corrected chi connectivity index (χ3v) is 6.07. The Morgan fingerprint density at radius 2 is 2.11 bits per heavy atom. The smallest absolute Gasteiger partial charge is 0.240 e. The van der Waals surface area contributed by atoms with Crippen LogP contribution < -0.4 is 4.72 Å². The monoisotopic (exact) mass is 395 g/mol. The van der Waals surface area contributed by atoms with Gasteiger partial charge in [-0.1, -0.05) is 11.3 Å². The van der Waals surface area contributed by atoms with Crippen molar-refractivity contribution in [2.75, 3.05) is 13.1 Å². The maximum absolute atomic E-state index is 13.4. The van der Waals surface area contributed by atoms with Crippen molar-refractivity contribution in [2.45, 2.75) is 56.6 Å². The van der Waals surface area contributed by atoms with Gasteiger partial charge < -0.3 is 0 Å². The minimum Gasteiger partial charge on any atom is -0.296 e. The lowest BCUT2D eigenvalue weighted by Crippen LogP contribution is -2.47. The fourth-order valence-electron chi connectivity index (χ4n) is 3.14. The van der Waals surface area contributed by atoms with Crippen molar-refractivity contribution >= 4 is 10.0 Å². The number of halogens is 1. The van der Waals surface area contributed by atoms with Gasteiger partial charge in [-0.25, -0.2) is 22.2 Å². The van der Waals surface area contributed by atoms with Crippen LogP contribution in [0.5, 0.6) is 0 Å². The number of nitrogens with one attached hydrogen (secondary N) is 1. The third kappa shape index (κ3) is 5.12. The molecule has 1 aliphatic heterocycles. The molecule has 0 amide bonds. The SMILES string of the molecule is CC(C)(C)n1cc(CN2CCCC(NS(=O)(=O)c3cccc(F)c3)C2)nn1. The second-order valence-corrected chi connectivity index (χ2v) is 9.69. The van der Waals surface area contributed by atoms with E-state index in [1.807, 2.05) is 10.9 Å². The first-order valence-corrected chi connectivity index (χ1v) is 10.5. The normalized spacial score (nSPS) is 19.3. The highest BCUT2D eigenvalue weighted by atomic mass is 32.2. The Kier molecular flexibility index (Phi) is 5.64. The number of likely N-dealkylation sites (tertiary alicyclic amines) is 1. The van der Waals surface area contributed by atoms with Crippen LogP contribution in [0.25, 0.3) is 0 Å². The lowest BCUT2D eigenvalue weighted by Gasteiger charge is -2.32. The van der Waals surface area contributed by atoms with Crippen LogP contribution in [-0.4, -0.2) is 47.4 Å². The molecule has 0 radical (unpaired) electrons. The number of hydrogen-bond donors (Lipinski definition) is 1. The first-order valence-electron chi connectivity index (χ1n) is 9.05. The van der Waals surface area contributed by atoms with Crippen molar-refractivity contribution in [3.63, 3.8) is 0 Å². The molecule has 1 N–H and O–H groups in total. The molecule has 1 aromatic carbocycles. The Bertz CT molecular complexity index is 891. The van der Waals surface area contributed by atoms with Gasteiger partial charge in [0, 0.05) is 19.1 Å². The summed E-state index contributed by atoms with van der Waals surface area (Å²) in [4.78, 5) is 2.12. The van der Waals surface area contributed by atoms with Gasteiger partial charge in [-0.15, -0.1) is 5.10 Å². The van der Waals surface area contributed by atoms with Crippen molar-refractivity contribution in [3.05, 3.63) is 42.0 Å². The molecule has 3 rings (SSSR count). The van der Waals surface area contributed by atoms with E-state index in [9.17, 15) is 12.8 Å². The van der Waals surface area contributed by atoms with Crippen molar-refractivity contribution in [3.8, 4) is 0 Å². The van der Waals surface area contributed by atoms with Crippen LogP contribution in [0.15, 0.2) is 35.4 Å². The van der Waals surface area contributed by atoms with E-state index in [0.717, 1.165) is 31.1 Å². The van der Waals surface area contributed by atoms with Gasteiger partial charge in [0.2, 0.25) is 10.0 Å². The van der Waals surface area contributed by atoms with Crippen molar-refractivity contribution in [1.29, 1.82) is 0 Å². The Balaban J connectivity index is 1.63. The number of rotatable bonds is 5. The first-order chi connectivity index (χ1) is 12.6. The van der Waals surface area contributed by atoms with Gasteiger partial charge in [0.15, 0.2) is 0 Å². The molecule has 0 aliphatic carbocycles. The summed E-state index contributed by atoms with van der Waals surface area (Å²) in [5, 5.41) is 8.40. The predicted molar refractivity (Wildman–Crippen MR) is 100 cm³/mol. The average Bonchev–Trinajstić information content (AvgIpc) is 3.03. The van der Waals surface area contributed by atoms with E-state index in [0.29, 0.717) is 13.1 Å². The number of benzene rings is 1. The second-order valence-electron chi connectivity index (χ2n) is 7.98. The number of sulfonamides is 1. The number of hydrogen-bond acceptors (Lipinski definition) is 5. The van der Waals surface area contributed by atoms with E-state index < -0.39 is 15.8 Å². The minimum absolute atomic E-state index is 0.0484. The fraction of sp³-hybridized carbons (Fsp3) is 0.556. The van der Waals surface area contributed by atoms with Gasteiger partial charge in [0.25, 0.3) is 0 Å². The summed E-state index contributed by atoms with van der Waals surface area (Å²) in [5.41, 5.74) is 0.731. The van der Waals surface area contributed by atoms with Crippen LogP contribution in [0.4, 0.5) is 4.39 Å². The number of piperidine rings is 1. The number of nitrogens with zero attached hydrogens (tertiary/aromatic N) is 4. The van der Waals surface area contributed by atoms with Gasteiger partial charge >= 0.3 is 0 Å². The van der Waals surface area contributed by atoms with Gasteiger partial charge in [-0.05, 0) is 58.4 Å². The van der Waals surface area contributed by atoms with Crippen LogP contribution in [0.2, 0.25) is 0 Å².